The molecule has 2 nitrogen and oxygen atoms in total. The van der Waals surface area contributed by atoms with Crippen LogP contribution in [0.4, 0.5) is 19.0 Å². The molecule has 0 atom stereocenters. The van der Waals surface area contributed by atoms with Crippen LogP contribution in [0.25, 0.3) is 0 Å². The summed E-state index contributed by atoms with van der Waals surface area (Å²) in [5.74, 6) is 0.101. The fourth-order valence-electron chi connectivity index (χ4n) is 1.74. The van der Waals surface area contributed by atoms with Crippen LogP contribution in [-0.2, 0) is 12.6 Å². The molecule has 1 aromatic heterocycles. The molecule has 0 saturated carbocycles. The second kappa shape index (κ2) is 6.54. The van der Waals surface area contributed by atoms with Gasteiger partial charge in [0, 0.05) is 11.6 Å². The van der Waals surface area contributed by atoms with Gasteiger partial charge in [-0.2, -0.15) is 13.2 Å². The summed E-state index contributed by atoms with van der Waals surface area (Å²) in [6.07, 6.45) is -3.81. The lowest BCUT2D eigenvalue weighted by atomic mass is 10.1. The smallest absolute Gasteiger partial charge is 0.370 e. The Labute approximate surface area is 129 Å². The second-order valence-electron chi connectivity index (χ2n) is 4.36. The summed E-state index contributed by atoms with van der Waals surface area (Å²) in [7, 11) is 0. The van der Waals surface area contributed by atoms with E-state index in [1.165, 1.54) is 0 Å². The number of alkyl halides is 3. The third-order valence-electron chi connectivity index (χ3n) is 2.75. The van der Waals surface area contributed by atoms with Crippen molar-refractivity contribution in [3.05, 3.63) is 57.7 Å². The van der Waals surface area contributed by atoms with Gasteiger partial charge in [-0.25, -0.2) is 4.98 Å². The van der Waals surface area contributed by atoms with Crippen molar-refractivity contribution in [2.75, 3.05) is 11.9 Å². The molecule has 0 amide bonds. The van der Waals surface area contributed by atoms with Crippen molar-refractivity contribution in [2.45, 2.75) is 12.6 Å². The van der Waals surface area contributed by atoms with Crippen LogP contribution in [0.5, 0.6) is 0 Å². The van der Waals surface area contributed by atoms with Gasteiger partial charge in [0.2, 0.25) is 0 Å². The van der Waals surface area contributed by atoms with Crippen LogP contribution in [0.3, 0.4) is 0 Å². The van der Waals surface area contributed by atoms with Gasteiger partial charge in [0.05, 0.1) is 5.56 Å². The van der Waals surface area contributed by atoms with E-state index in [4.69, 9.17) is 23.2 Å². The van der Waals surface area contributed by atoms with Gasteiger partial charge in [-0.3, -0.25) is 0 Å². The first-order valence-electron chi connectivity index (χ1n) is 6.08. The summed E-state index contributed by atoms with van der Waals surface area (Å²) >= 11 is 11.4. The predicted molar refractivity (Wildman–Crippen MR) is 77.9 cm³/mol. The largest absolute Gasteiger partial charge is 0.416 e. The highest BCUT2D eigenvalue weighted by molar-refractivity contribution is 6.30. The maximum Gasteiger partial charge on any atom is 0.416 e. The number of hydrogen-bond donors (Lipinski definition) is 1. The van der Waals surface area contributed by atoms with Crippen molar-refractivity contribution >= 4 is 29.0 Å². The maximum absolute atomic E-state index is 12.6. The molecule has 21 heavy (non-hydrogen) atoms. The van der Waals surface area contributed by atoms with Gasteiger partial charge in [0.15, 0.2) is 0 Å². The molecule has 0 aliphatic rings. The maximum atomic E-state index is 12.6. The van der Waals surface area contributed by atoms with Crippen LogP contribution >= 0.6 is 23.2 Å². The van der Waals surface area contributed by atoms with Crippen molar-refractivity contribution < 1.29 is 13.2 Å². The van der Waals surface area contributed by atoms with Gasteiger partial charge in [-0.05, 0) is 36.2 Å². The molecule has 0 spiro atoms. The average molecular weight is 335 g/mol. The summed E-state index contributed by atoms with van der Waals surface area (Å²) in [6.45, 7) is 0.437. The highest BCUT2D eigenvalue weighted by Crippen LogP contribution is 2.31. The van der Waals surface area contributed by atoms with E-state index in [0.29, 0.717) is 18.0 Å². The molecule has 0 unspecified atom stereocenters. The molecule has 2 rings (SSSR count). The van der Waals surface area contributed by atoms with E-state index in [0.717, 1.165) is 17.7 Å². The average Bonchev–Trinajstić information content (AvgIpc) is 2.39. The zero-order valence-corrected chi connectivity index (χ0v) is 12.2. The van der Waals surface area contributed by atoms with E-state index < -0.39 is 11.7 Å². The van der Waals surface area contributed by atoms with Crippen LogP contribution in [0.2, 0.25) is 10.2 Å². The van der Waals surface area contributed by atoms with Crippen LogP contribution in [0.1, 0.15) is 11.1 Å². The molecule has 1 N–H and O–H groups in total. The molecule has 0 aliphatic carbocycles. The molecule has 0 saturated heterocycles. The number of benzene rings is 1. The summed E-state index contributed by atoms with van der Waals surface area (Å²) in [5.41, 5.74) is 0.196. The Bertz CT molecular complexity index is 613. The molecule has 2 aromatic rings. The molecule has 112 valence electrons. The van der Waals surface area contributed by atoms with E-state index >= 15 is 0 Å². The number of pyridine rings is 1. The predicted octanol–water partition coefficient (Wildman–Crippen LogP) is 5.06. The molecular formula is C14H11Cl2F3N2. The molecule has 1 aromatic carbocycles. The van der Waals surface area contributed by atoms with Crippen LogP contribution in [-0.4, -0.2) is 11.5 Å². The molecule has 0 aliphatic heterocycles. The summed E-state index contributed by atoms with van der Waals surface area (Å²) < 4.78 is 37.9. The van der Waals surface area contributed by atoms with Crippen LogP contribution in [0, 0.1) is 0 Å². The van der Waals surface area contributed by atoms with E-state index in [1.807, 2.05) is 12.1 Å². The molecule has 0 radical (unpaired) electrons. The number of nitrogens with zero attached hydrogens (tertiary/aromatic N) is 1. The minimum absolute atomic E-state index is 0.101. The zero-order chi connectivity index (χ0) is 15.5. The summed E-state index contributed by atoms with van der Waals surface area (Å²) in [4.78, 5) is 3.83. The highest BCUT2D eigenvalue weighted by atomic mass is 35.5. The lowest BCUT2D eigenvalue weighted by molar-refractivity contribution is -0.137. The van der Waals surface area contributed by atoms with Gasteiger partial charge in [0.1, 0.15) is 11.0 Å². The Morgan fingerprint density at radius 2 is 1.71 bits per heavy atom. The van der Waals surface area contributed by atoms with Crippen molar-refractivity contribution in [3.63, 3.8) is 0 Å². The molecular weight excluding hydrogens is 324 g/mol. The zero-order valence-electron chi connectivity index (χ0n) is 10.7. The number of halogens is 5. The lowest BCUT2D eigenvalue weighted by Gasteiger charge is -2.11. The topological polar surface area (TPSA) is 24.9 Å². The van der Waals surface area contributed by atoms with E-state index in [9.17, 15) is 13.2 Å². The van der Waals surface area contributed by atoms with E-state index in [2.05, 4.69) is 10.3 Å². The first-order valence-corrected chi connectivity index (χ1v) is 6.83. The normalized spacial score (nSPS) is 11.5. The van der Waals surface area contributed by atoms with Gasteiger partial charge >= 0.3 is 6.18 Å². The van der Waals surface area contributed by atoms with Gasteiger partial charge in [-0.1, -0.05) is 35.3 Å². The van der Waals surface area contributed by atoms with Crippen molar-refractivity contribution in [3.8, 4) is 0 Å². The Morgan fingerprint density at radius 1 is 1.05 bits per heavy atom. The molecule has 0 fully saturated rings. The van der Waals surface area contributed by atoms with Gasteiger partial charge in [0.25, 0.3) is 0 Å². The summed E-state index contributed by atoms with van der Waals surface area (Å²) in [5, 5.41) is 3.27. The Hall–Kier alpha value is -1.46. The van der Waals surface area contributed by atoms with Crippen molar-refractivity contribution in [1.82, 2.24) is 4.98 Å². The van der Waals surface area contributed by atoms with E-state index in [1.54, 1.807) is 12.1 Å². The van der Waals surface area contributed by atoms with Crippen molar-refractivity contribution in [1.29, 1.82) is 0 Å². The standard InChI is InChI=1S/C14H11Cl2F3N2/c15-11-3-1-9(2-4-11)5-6-20-13-8-10(14(17,18)19)7-12(16)21-13/h1-4,7-8H,5-6H2,(H,20,21). The van der Waals surface area contributed by atoms with Crippen molar-refractivity contribution in [2.24, 2.45) is 0 Å². The third kappa shape index (κ3) is 4.79. The molecule has 7 heteroatoms. The number of anilines is 1. The quantitative estimate of drug-likeness (QED) is 0.790. The Morgan fingerprint density at radius 3 is 2.33 bits per heavy atom. The lowest BCUT2D eigenvalue weighted by Crippen LogP contribution is -2.10. The second-order valence-corrected chi connectivity index (χ2v) is 5.19. The molecule has 0 bridgehead atoms. The number of aromatic nitrogens is 1. The minimum atomic E-state index is -4.45. The number of rotatable bonds is 4. The first-order chi connectivity index (χ1) is 9.84. The Kier molecular flexibility index (Phi) is 4.96. The van der Waals surface area contributed by atoms with Crippen LogP contribution < -0.4 is 5.32 Å². The number of nitrogens with one attached hydrogen (secondary N) is 1. The minimum Gasteiger partial charge on any atom is -0.370 e. The first kappa shape index (κ1) is 15.9. The fourth-order valence-corrected chi connectivity index (χ4v) is 2.07. The number of hydrogen-bond acceptors (Lipinski definition) is 2. The van der Waals surface area contributed by atoms with Gasteiger partial charge in [-0.15, -0.1) is 0 Å². The van der Waals surface area contributed by atoms with Crippen LogP contribution in [0.15, 0.2) is 36.4 Å². The fraction of sp³-hybridized carbons (Fsp3) is 0.214. The van der Waals surface area contributed by atoms with E-state index in [-0.39, 0.29) is 11.0 Å². The molecule has 1 heterocycles. The highest BCUT2D eigenvalue weighted by Gasteiger charge is 2.31. The summed E-state index contributed by atoms with van der Waals surface area (Å²) in [6, 6.07) is 8.97. The SMILES string of the molecule is FC(F)(F)c1cc(Cl)nc(NCCc2ccc(Cl)cc2)c1. The monoisotopic (exact) mass is 334 g/mol. The third-order valence-corrected chi connectivity index (χ3v) is 3.20. The van der Waals surface area contributed by atoms with Gasteiger partial charge < -0.3 is 5.32 Å². The Balaban J connectivity index is 2.00.